The van der Waals surface area contributed by atoms with Gasteiger partial charge in [-0.1, -0.05) is 41.5 Å². The number of amides is 1. The summed E-state index contributed by atoms with van der Waals surface area (Å²) in [6.07, 6.45) is 2.50. The van der Waals surface area contributed by atoms with Crippen LogP contribution in [-0.2, 0) is 14.3 Å². The first-order valence-electron chi connectivity index (χ1n) is 8.41. The third kappa shape index (κ3) is 14.3. The summed E-state index contributed by atoms with van der Waals surface area (Å²) in [5.41, 5.74) is 0.570. The smallest absolute Gasteiger partial charge is 0.224 e. The van der Waals surface area contributed by atoms with Crippen LogP contribution in [0, 0.1) is 10.8 Å². The lowest BCUT2D eigenvalue weighted by atomic mass is 9.92. The van der Waals surface area contributed by atoms with Gasteiger partial charge in [-0.3, -0.25) is 4.79 Å². The van der Waals surface area contributed by atoms with Crippen molar-refractivity contribution in [2.24, 2.45) is 10.8 Å². The van der Waals surface area contributed by atoms with Gasteiger partial charge in [-0.15, -0.1) is 0 Å². The Morgan fingerprint density at radius 1 is 0.818 bits per heavy atom. The van der Waals surface area contributed by atoms with Gasteiger partial charge in [0.25, 0.3) is 0 Å². The normalized spacial score (nSPS) is 12.5. The first kappa shape index (κ1) is 21.4. The van der Waals surface area contributed by atoms with E-state index in [1.54, 1.807) is 4.90 Å². The highest BCUT2D eigenvalue weighted by Crippen LogP contribution is 2.18. The van der Waals surface area contributed by atoms with Crippen molar-refractivity contribution >= 4 is 5.91 Å². The standard InChI is InChI=1S/C18H37NO3/c1-17(2,3)9-11-19(7)16(20)8-12-21-14-15-22-13-10-18(4,5)6/h8-15H2,1-7H3. The average Bonchev–Trinajstić information content (AvgIpc) is 2.36. The fourth-order valence-electron chi connectivity index (χ4n) is 1.68. The highest BCUT2D eigenvalue weighted by atomic mass is 16.5. The lowest BCUT2D eigenvalue weighted by Crippen LogP contribution is -2.30. The van der Waals surface area contributed by atoms with Gasteiger partial charge in [0.2, 0.25) is 5.91 Å². The van der Waals surface area contributed by atoms with Crippen LogP contribution in [0.1, 0.15) is 60.8 Å². The summed E-state index contributed by atoms with van der Waals surface area (Å²) in [6, 6.07) is 0. The Morgan fingerprint density at radius 3 is 1.82 bits per heavy atom. The quantitative estimate of drug-likeness (QED) is 0.576. The number of rotatable bonds is 10. The van der Waals surface area contributed by atoms with E-state index < -0.39 is 0 Å². The molecule has 0 fully saturated rings. The molecular weight excluding hydrogens is 278 g/mol. The summed E-state index contributed by atoms with van der Waals surface area (Å²) in [4.78, 5) is 13.7. The molecule has 0 radical (unpaired) electrons. The minimum Gasteiger partial charge on any atom is -0.379 e. The third-order valence-electron chi connectivity index (χ3n) is 3.45. The van der Waals surface area contributed by atoms with Crippen molar-refractivity contribution in [1.82, 2.24) is 4.90 Å². The van der Waals surface area contributed by atoms with Crippen LogP contribution in [0.25, 0.3) is 0 Å². The van der Waals surface area contributed by atoms with E-state index in [2.05, 4.69) is 41.5 Å². The van der Waals surface area contributed by atoms with E-state index in [0.29, 0.717) is 31.7 Å². The molecule has 0 spiro atoms. The second-order valence-electron chi connectivity index (χ2n) is 8.41. The van der Waals surface area contributed by atoms with Crippen molar-refractivity contribution in [2.75, 3.05) is 40.0 Å². The number of carbonyl (C=O) groups is 1. The van der Waals surface area contributed by atoms with Crippen LogP contribution in [0.3, 0.4) is 0 Å². The van der Waals surface area contributed by atoms with Crippen molar-refractivity contribution in [3.63, 3.8) is 0 Å². The van der Waals surface area contributed by atoms with Gasteiger partial charge in [-0.05, 0) is 23.7 Å². The Morgan fingerprint density at radius 2 is 1.32 bits per heavy atom. The van der Waals surface area contributed by atoms with Crippen LogP contribution in [0.4, 0.5) is 0 Å². The van der Waals surface area contributed by atoms with Crippen molar-refractivity contribution in [3.05, 3.63) is 0 Å². The molecule has 0 aliphatic rings. The Labute approximate surface area is 137 Å². The Kier molecular flexibility index (Phi) is 9.94. The maximum Gasteiger partial charge on any atom is 0.224 e. The molecule has 0 atom stereocenters. The van der Waals surface area contributed by atoms with Crippen LogP contribution in [0.15, 0.2) is 0 Å². The predicted octanol–water partition coefficient (Wildman–Crippen LogP) is 3.74. The van der Waals surface area contributed by atoms with Gasteiger partial charge < -0.3 is 14.4 Å². The second kappa shape index (κ2) is 10.2. The topological polar surface area (TPSA) is 38.8 Å². The zero-order valence-corrected chi connectivity index (χ0v) is 15.8. The maximum absolute atomic E-state index is 11.9. The monoisotopic (exact) mass is 315 g/mol. The van der Waals surface area contributed by atoms with Crippen LogP contribution < -0.4 is 0 Å². The Bertz CT molecular complexity index is 302. The summed E-state index contributed by atoms with van der Waals surface area (Å²) >= 11 is 0. The molecule has 22 heavy (non-hydrogen) atoms. The van der Waals surface area contributed by atoms with Gasteiger partial charge in [0.1, 0.15) is 0 Å². The number of hydrogen-bond acceptors (Lipinski definition) is 3. The van der Waals surface area contributed by atoms with E-state index in [-0.39, 0.29) is 11.3 Å². The number of hydrogen-bond donors (Lipinski definition) is 0. The molecule has 0 bridgehead atoms. The summed E-state index contributed by atoms with van der Waals surface area (Å²) in [5.74, 6) is 0.151. The lowest BCUT2D eigenvalue weighted by Gasteiger charge is -2.23. The molecule has 0 saturated carbocycles. The molecule has 0 aliphatic heterocycles. The zero-order valence-electron chi connectivity index (χ0n) is 15.8. The molecule has 0 aromatic heterocycles. The van der Waals surface area contributed by atoms with Crippen LogP contribution in [0.2, 0.25) is 0 Å². The van der Waals surface area contributed by atoms with E-state index in [1.165, 1.54) is 0 Å². The number of carbonyl (C=O) groups excluding carboxylic acids is 1. The van der Waals surface area contributed by atoms with Gasteiger partial charge in [-0.2, -0.15) is 0 Å². The predicted molar refractivity (Wildman–Crippen MR) is 92.0 cm³/mol. The first-order chi connectivity index (χ1) is 10.0. The number of ether oxygens (including phenoxy) is 2. The second-order valence-corrected chi connectivity index (χ2v) is 8.41. The Hall–Kier alpha value is -0.610. The lowest BCUT2D eigenvalue weighted by molar-refractivity contribution is -0.131. The molecule has 0 rings (SSSR count). The molecule has 0 N–H and O–H groups in total. The SMILES string of the molecule is CN(CCC(C)(C)C)C(=O)CCOCCOCCC(C)(C)C. The van der Waals surface area contributed by atoms with Gasteiger partial charge in [-0.25, -0.2) is 0 Å². The summed E-state index contributed by atoms with van der Waals surface area (Å²) in [6.45, 7) is 16.4. The van der Waals surface area contributed by atoms with Crippen LogP contribution >= 0.6 is 0 Å². The van der Waals surface area contributed by atoms with E-state index in [1.807, 2.05) is 7.05 Å². The van der Waals surface area contributed by atoms with Gasteiger partial charge in [0.15, 0.2) is 0 Å². The third-order valence-corrected chi connectivity index (χ3v) is 3.45. The molecule has 132 valence electrons. The molecule has 0 aromatic rings. The van der Waals surface area contributed by atoms with E-state index in [0.717, 1.165) is 26.0 Å². The maximum atomic E-state index is 11.9. The largest absolute Gasteiger partial charge is 0.379 e. The fourth-order valence-corrected chi connectivity index (χ4v) is 1.68. The highest BCUT2D eigenvalue weighted by molar-refractivity contribution is 5.75. The van der Waals surface area contributed by atoms with Crippen molar-refractivity contribution < 1.29 is 14.3 Å². The summed E-state index contributed by atoms with van der Waals surface area (Å²) < 4.78 is 11.0. The fraction of sp³-hybridized carbons (Fsp3) is 0.944. The molecule has 0 aliphatic carbocycles. The van der Waals surface area contributed by atoms with Crippen molar-refractivity contribution in [3.8, 4) is 0 Å². The molecule has 0 heterocycles. The van der Waals surface area contributed by atoms with Crippen molar-refractivity contribution in [2.45, 2.75) is 60.8 Å². The molecule has 4 heteroatoms. The summed E-state index contributed by atoms with van der Waals surface area (Å²) in [5, 5.41) is 0. The highest BCUT2D eigenvalue weighted by Gasteiger charge is 2.14. The van der Waals surface area contributed by atoms with Crippen molar-refractivity contribution in [1.29, 1.82) is 0 Å². The Balaban J connectivity index is 3.53. The number of nitrogens with zero attached hydrogens (tertiary/aromatic N) is 1. The molecular formula is C18H37NO3. The molecule has 1 amide bonds. The van der Waals surface area contributed by atoms with E-state index in [9.17, 15) is 4.79 Å². The van der Waals surface area contributed by atoms with Crippen LogP contribution in [0.5, 0.6) is 0 Å². The molecule has 4 nitrogen and oxygen atoms in total. The molecule has 0 saturated heterocycles. The van der Waals surface area contributed by atoms with Gasteiger partial charge >= 0.3 is 0 Å². The van der Waals surface area contributed by atoms with Gasteiger partial charge in [0, 0.05) is 20.2 Å². The minimum atomic E-state index is 0.151. The van der Waals surface area contributed by atoms with Gasteiger partial charge in [0.05, 0.1) is 26.2 Å². The molecule has 0 unspecified atom stereocenters. The average molecular weight is 315 g/mol. The van der Waals surface area contributed by atoms with E-state index >= 15 is 0 Å². The summed E-state index contributed by atoms with van der Waals surface area (Å²) in [7, 11) is 1.86. The van der Waals surface area contributed by atoms with Crippen LogP contribution in [-0.4, -0.2) is 50.8 Å². The van der Waals surface area contributed by atoms with E-state index in [4.69, 9.17) is 9.47 Å². The zero-order chi connectivity index (χ0) is 17.2. The minimum absolute atomic E-state index is 0.151. The first-order valence-corrected chi connectivity index (χ1v) is 8.41. The molecule has 0 aromatic carbocycles.